The molecule has 2 heterocycles. The molecule has 144 valence electrons. The number of nitrogens with zero attached hydrogens (tertiary/aromatic N) is 3. The SMILES string of the molecule is COC(=O)C=Cc1ccc(CN2CCCC2Cc2c(C)nn(C)c2C)cc1. The lowest BCUT2D eigenvalue weighted by Crippen LogP contribution is -2.31. The normalized spacial score (nSPS) is 17.7. The number of ether oxygens (including phenoxy) is 1. The van der Waals surface area contributed by atoms with Crippen LogP contribution in [-0.2, 0) is 29.5 Å². The molecular formula is C22H29N3O2. The molecule has 1 aromatic carbocycles. The zero-order valence-electron chi connectivity index (χ0n) is 16.7. The number of hydrogen-bond donors (Lipinski definition) is 0. The van der Waals surface area contributed by atoms with E-state index in [0.29, 0.717) is 6.04 Å². The van der Waals surface area contributed by atoms with E-state index in [1.165, 1.54) is 42.8 Å². The maximum atomic E-state index is 11.2. The Morgan fingerprint density at radius 3 is 2.67 bits per heavy atom. The van der Waals surface area contributed by atoms with Crippen molar-refractivity contribution in [3.63, 3.8) is 0 Å². The van der Waals surface area contributed by atoms with Crippen molar-refractivity contribution in [1.82, 2.24) is 14.7 Å². The van der Waals surface area contributed by atoms with Crippen LogP contribution in [0.4, 0.5) is 0 Å². The molecule has 1 saturated heterocycles. The van der Waals surface area contributed by atoms with Gasteiger partial charge < -0.3 is 4.74 Å². The molecule has 0 saturated carbocycles. The van der Waals surface area contributed by atoms with Crippen molar-refractivity contribution in [3.05, 3.63) is 58.4 Å². The highest BCUT2D eigenvalue weighted by molar-refractivity contribution is 5.86. The van der Waals surface area contributed by atoms with E-state index in [1.54, 1.807) is 6.08 Å². The number of carbonyl (C=O) groups excluding carboxylic acids is 1. The smallest absolute Gasteiger partial charge is 0.330 e. The van der Waals surface area contributed by atoms with Gasteiger partial charge in [-0.3, -0.25) is 9.58 Å². The molecule has 5 heteroatoms. The third-order valence-electron chi connectivity index (χ3n) is 5.58. The zero-order valence-corrected chi connectivity index (χ0v) is 16.7. The lowest BCUT2D eigenvalue weighted by Gasteiger charge is -2.25. The molecule has 0 bridgehead atoms. The molecular weight excluding hydrogens is 338 g/mol. The summed E-state index contributed by atoms with van der Waals surface area (Å²) in [6.07, 6.45) is 6.80. The molecule has 0 aliphatic carbocycles. The Morgan fingerprint density at radius 2 is 2.04 bits per heavy atom. The minimum Gasteiger partial charge on any atom is -0.466 e. The van der Waals surface area contributed by atoms with Gasteiger partial charge in [-0.05, 0) is 62.4 Å². The van der Waals surface area contributed by atoms with E-state index in [0.717, 1.165) is 30.8 Å². The summed E-state index contributed by atoms with van der Waals surface area (Å²) in [6.45, 7) is 6.38. The van der Waals surface area contributed by atoms with Crippen LogP contribution in [0.25, 0.3) is 6.08 Å². The molecule has 1 aromatic heterocycles. The summed E-state index contributed by atoms with van der Waals surface area (Å²) in [5, 5.41) is 4.57. The van der Waals surface area contributed by atoms with Gasteiger partial charge in [0.1, 0.15) is 0 Å². The lowest BCUT2D eigenvalue weighted by molar-refractivity contribution is -0.134. The first-order valence-corrected chi connectivity index (χ1v) is 9.56. The molecule has 1 atom stereocenters. The highest BCUT2D eigenvalue weighted by Crippen LogP contribution is 2.26. The fourth-order valence-electron chi connectivity index (χ4n) is 3.88. The van der Waals surface area contributed by atoms with Crippen LogP contribution in [0.15, 0.2) is 30.3 Å². The number of hydrogen-bond acceptors (Lipinski definition) is 4. The highest BCUT2D eigenvalue weighted by Gasteiger charge is 2.26. The monoisotopic (exact) mass is 367 g/mol. The maximum absolute atomic E-state index is 11.2. The van der Waals surface area contributed by atoms with Crippen molar-refractivity contribution in [2.45, 2.75) is 45.7 Å². The van der Waals surface area contributed by atoms with Gasteiger partial charge in [-0.1, -0.05) is 24.3 Å². The maximum Gasteiger partial charge on any atom is 0.330 e. The van der Waals surface area contributed by atoms with E-state index >= 15 is 0 Å². The molecule has 1 aliphatic heterocycles. The van der Waals surface area contributed by atoms with E-state index < -0.39 is 0 Å². The number of esters is 1. The van der Waals surface area contributed by atoms with Gasteiger partial charge in [0.25, 0.3) is 0 Å². The number of benzene rings is 1. The average molecular weight is 367 g/mol. The fourth-order valence-corrected chi connectivity index (χ4v) is 3.88. The van der Waals surface area contributed by atoms with Crippen LogP contribution in [0.3, 0.4) is 0 Å². The molecule has 1 unspecified atom stereocenters. The van der Waals surface area contributed by atoms with E-state index in [2.05, 4.69) is 52.8 Å². The van der Waals surface area contributed by atoms with E-state index in [-0.39, 0.29) is 5.97 Å². The number of methoxy groups -OCH3 is 1. The molecule has 2 aromatic rings. The topological polar surface area (TPSA) is 47.4 Å². The largest absolute Gasteiger partial charge is 0.466 e. The molecule has 0 amide bonds. The lowest BCUT2D eigenvalue weighted by atomic mass is 10.0. The molecule has 0 N–H and O–H groups in total. The van der Waals surface area contributed by atoms with Gasteiger partial charge in [0.15, 0.2) is 0 Å². The van der Waals surface area contributed by atoms with Gasteiger partial charge in [0, 0.05) is 31.4 Å². The summed E-state index contributed by atoms with van der Waals surface area (Å²) >= 11 is 0. The van der Waals surface area contributed by atoms with E-state index in [1.807, 2.05) is 11.7 Å². The zero-order chi connectivity index (χ0) is 19.4. The Balaban J connectivity index is 1.64. The van der Waals surface area contributed by atoms with Crippen molar-refractivity contribution in [1.29, 1.82) is 0 Å². The highest BCUT2D eigenvalue weighted by atomic mass is 16.5. The van der Waals surface area contributed by atoms with Crippen molar-refractivity contribution >= 4 is 12.0 Å². The minimum atomic E-state index is -0.333. The Bertz CT molecular complexity index is 821. The molecule has 0 spiro atoms. The first-order valence-electron chi connectivity index (χ1n) is 9.56. The van der Waals surface area contributed by atoms with Gasteiger partial charge in [-0.15, -0.1) is 0 Å². The Hall–Kier alpha value is -2.40. The van der Waals surface area contributed by atoms with Crippen LogP contribution < -0.4 is 0 Å². The van der Waals surface area contributed by atoms with Crippen LogP contribution in [0.2, 0.25) is 0 Å². The first kappa shape index (κ1) is 19.4. The molecule has 5 nitrogen and oxygen atoms in total. The summed E-state index contributed by atoms with van der Waals surface area (Å²) in [7, 11) is 3.41. The Labute approximate surface area is 161 Å². The number of rotatable bonds is 6. The first-order chi connectivity index (χ1) is 13.0. The Kier molecular flexibility index (Phi) is 6.11. The molecule has 1 aliphatic rings. The molecule has 0 radical (unpaired) electrons. The summed E-state index contributed by atoms with van der Waals surface area (Å²) in [6, 6.07) is 8.97. The van der Waals surface area contributed by atoms with Crippen molar-refractivity contribution < 1.29 is 9.53 Å². The second-order valence-electron chi connectivity index (χ2n) is 7.34. The van der Waals surface area contributed by atoms with Crippen LogP contribution in [-0.4, -0.2) is 40.3 Å². The van der Waals surface area contributed by atoms with Gasteiger partial charge in [0.2, 0.25) is 0 Å². The average Bonchev–Trinajstić information content (AvgIpc) is 3.20. The molecule has 3 rings (SSSR count). The predicted molar refractivity (Wildman–Crippen MR) is 107 cm³/mol. The van der Waals surface area contributed by atoms with E-state index in [4.69, 9.17) is 0 Å². The van der Waals surface area contributed by atoms with Gasteiger partial charge in [0.05, 0.1) is 12.8 Å². The summed E-state index contributed by atoms with van der Waals surface area (Å²) in [5.74, 6) is -0.333. The second kappa shape index (κ2) is 8.53. The quantitative estimate of drug-likeness (QED) is 0.580. The van der Waals surface area contributed by atoms with Crippen LogP contribution >= 0.6 is 0 Å². The van der Waals surface area contributed by atoms with Crippen molar-refractivity contribution in [2.24, 2.45) is 7.05 Å². The van der Waals surface area contributed by atoms with Crippen molar-refractivity contribution in [3.8, 4) is 0 Å². The third-order valence-corrected chi connectivity index (χ3v) is 5.58. The minimum absolute atomic E-state index is 0.333. The van der Waals surface area contributed by atoms with Gasteiger partial charge in [-0.2, -0.15) is 5.10 Å². The van der Waals surface area contributed by atoms with Gasteiger partial charge in [-0.25, -0.2) is 4.79 Å². The summed E-state index contributed by atoms with van der Waals surface area (Å²) in [4.78, 5) is 13.8. The van der Waals surface area contributed by atoms with E-state index in [9.17, 15) is 4.79 Å². The fraction of sp³-hybridized carbons (Fsp3) is 0.455. The standard InChI is InChI=1S/C22H29N3O2/c1-16-21(17(2)24(3)23-16)14-20-6-5-13-25(20)15-19-9-7-18(8-10-19)11-12-22(26)27-4/h7-12,20H,5-6,13-15H2,1-4H3. The number of likely N-dealkylation sites (tertiary alicyclic amines) is 1. The van der Waals surface area contributed by atoms with Crippen LogP contribution in [0.1, 0.15) is 40.9 Å². The summed E-state index contributed by atoms with van der Waals surface area (Å²) < 4.78 is 6.62. The van der Waals surface area contributed by atoms with Crippen molar-refractivity contribution in [2.75, 3.05) is 13.7 Å². The van der Waals surface area contributed by atoms with Gasteiger partial charge >= 0.3 is 5.97 Å². The molecule has 1 fully saturated rings. The van der Waals surface area contributed by atoms with Crippen LogP contribution in [0.5, 0.6) is 0 Å². The number of aryl methyl sites for hydroxylation is 2. The second-order valence-corrected chi connectivity index (χ2v) is 7.34. The predicted octanol–water partition coefficient (Wildman–Crippen LogP) is 3.43. The molecule has 27 heavy (non-hydrogen) atoms. The number of carbonyl (C=O) groups is 1. The summed E-state index contributed by atoms with van der Waals surface area (Å²) in [5.41, 5.74) is 6.14. The van der Waals surface area contributed by atoms with Crippen LogP contribution in [0, 0.1) is 13.8 Å². The Morgan fingerprint density at radius 1 is 1.30 bits per heavy atom. The third kappa shape index (κ3) is 4.66. The number of aromatic nitrogens is 2.